The summed E-state index contributed by atoms with van der Waals surface area (Å²) in [4.78, 5) is 5.66. The molecule has 0 atom stereocenters. The molecule has 0 unspecified atom stereocenters. The molecule has 1 aliphatic rings. The summed E-state index contributed by atoms with van der Waals surface area (Å²) >= 11 is 0. The SMILES string of the molecule is Cc1ccc(S(=O)(=O)N2CCN(c3ccc(S(=O)(=O)N(C(C)C)C(C)C)c[nH+]3)CC2)cc1C. The van der Waals surface area contributed by atoms with Crippen molar-refractivity contribution in [3.05, 3.63) is 47.7 Å². The fourth-order valence-corrected chi connectivity index (χ4v) is 7.53. The van der Waals surface area contributed by atoms with Gasteiger partial charge in [-0.05, 0) is 70.9 Å². The number of aryl methyl sites for hydroxylation is 2. The second-order valence-electron chi connectivity index (χ2n) is 9.07. The number of hydrogen-bond acceptors (Lipinski definition) is 5. The second kappa shape index (κ2) is 9.69. The molecule has 0 saturated carbocycles. The lowest BCUT2D eigenvalue weighted by Crippen LogP contribution is -2.50. The zero-order chi connectivity index (χ0) is 24.6. The Bertz CT molecular complexity index is 1180. The van der Waals surface area contributed by atoms with Crippen LogP contribution in [0.2, 0.25) is 0 Å². The molecule has 0 bridgehead atoms. The number of benzene rings is 1. The van der Waals surface area contributed by atoms with Gasteiger partial charge >= 0.3 is 0 Å². The van der Waals surface area contributed by atoms with Gasteiger partial charge in [-0.1, -0.05) is 6.07 Å². The highest BCUT2D eigenvalue weighted by Crippen LogP contribution is 2.23. The Kier molecular flexibility index (Phi) is 7.52. The summed E-state index contributed by atoms with van der Waals surface area (Å²) in [5.74, 6) is 0.762. The summed E-state index contributed by atoms with van der Waals surface area (Å²) in [6, 6.07) is 8.28. The Morgan fingerprint density at radius 2 is 1.39 bits per heavy atom. The maximum absolute atomic E-state index is 13.1. The largest absolute Gasteiger partial charge is 0.274 e. The molecule has 1 aliphatic heterocycles. The zero-order valence-electron chi connectivity index (χ0n) is 20.2. The number of rotatable bonds is 7. The quantitative estimate of drug-likeness (QED) is 0.588. The fourth-order valence-electron chi connectivity index (χ4n) is 4.23. The van der Waals surface area contributed by atoms with Gasteiger partial charge in [-0.3, -0.25) is 4.90 Å². The molecule has 0 amide bonds. The molecule has 33 heavy (non-hydrogen) atoms. The van der Waals surface area contributed by atoms with E-state index in [1.807, 2.05) is 52.5 Å². The van der Waals surface area contributed by atoms with Gasteiger partial charge in [0.1, 0.15) is 11.1 Å². The van der Waals surface area contributed by atoms with Crippen LogP contribution in [0.1, 0.15) is 38.8 Å². The average molecular weight is 496 g/mol. The van der Waals surface area contributed by atoms with Crippen LogP contribution >= 0.6 is 0 Å². The van der Waals surface area contributed by atoms with E-state index in [1.54, 1.807) is 24.3 Å². The molecule has 1 aromatic carbocycles. The van der Waals surface area contributed by atoms with Crippen LogP contribution in [-0.2, 0) is 20.0 Å². The maximum atomic E-state index is 13.1. The molecular weight excluding hydrogens is 460 g/mol. The Hall–Kier alpha value is -2.01. The summed E-state index contributed by atoms with van der Waals surface area (Å²) < 4.78 is 55.2. The number of anilines is 1. The third kappa shape index (κ3) is 5.24. The molecular formula is C23H35N4O4S2+. The minimum absolute atomic E-state index is 0.151. The van der Waals surface area contributed by atoms with Gasteiger partial charge in [0.2, 0.25) is 20.0 Å². The van der Waals surface area contributed by atoms with Crippen molar-refractivity contribution in [1.82, 2.24) is 8.61 Å². The van der Waals surface area contributed by atoms with E-state index in [9.17, 15) is 16.8 Å². The first-order valence-corrected chi connectivity index (χ1v) is 14.1. The van der Waals surface area contributed by atoms with Gasteiger partial charge in [-0.25, -0.2) is 21.8 Å². The predicted molar refractivity (Wildman–Crippen MR) is 129 cm³/mol. The van der Waals surface area contributed by atoms with E-state index in [1.165, 1.54) is 14.8 Å². The zero-order valence-corrected chi connectivity index (χ0v) is 21.9. The summed E-state index contributed by atoms with van der Waals surface area (Å²) in [5.41, 5.74) is 2.01. The van der Waals surface area contributed by atoms with Gasteiger partial charge in [0.05, 0.1) is 31.1 Å². The van der Waals surface area contributed by atoms with Gasteiger partial charge in [0.25, 0.3) is 5.82 Å². The molecule has 1 fully saturated rings. The Morgan fingerprint density at radius 3 is 1.88 bits per heavy atom. The van der Waals surface area contributed by atoms with Crippen LogP contribution in [0.25, 0.3) is 0 Å². The third-order valence-electron chi connectivity index (χ3n) is 6.06. The summed E-state index contributed by atoms with van der Waals surface area (Å²) in [5, 5.41) is 0. The number of hydrogen-bond donors (Lipinski definition) is 0. The van der Waals surface area contributed by atoms with E-state index in [2.05, 4.69) is 4.98 Å². The van der Waals surface area contributed by atoms with Crippen LogP contribution in [0.3, 0.4) is 0 Å². The predicted octanol–water partition coefficient (Wildman–Crippen LogP) is 2.44. The molecule has 10 heteroatoms. The standard InChI is InChI=1S/C23H34N4O4S2/c1-17(2)27(18(3)4)33(30,31)22-9-10-23(24-16-22)25-11-13-26(14-12-25)32(28,29)21-8-7-19(5)20(6)15-21/h7-10,15-18H,11-14H2,1-6H3/p+1. The number of pyridine rings is 1. The molecule has 2 aromatic rings. The van der Waals surface area contributed by atoms with Gasteiger partial charge in [-0.15, -0.1) is 0 Å². The molecule has 0 radical (unpaired) electrons. The van der Waals surface area contributed by atoms with Crippen LogP contribution in [0.4, 0.5) is 5.82 Å². The summed E-state index contributed by atoms with van der Waals surface area (Å²) in [6.45, 7) is 13.1. The number of piperazine rings is 1. The Labute approximate surface area is 198 Å². The molecule has 1 aromatic heterocycles. The van der Waals surface area contributed by atoms with Crippen LogP contribution < -0.4 is 9.88 Å². The van der Waals surface area contributed by atoms with Gasteiger partial charge in [0, 0.05) is 18.2 Å². The molecule has 1 N–H and O–H groups in total. The minimum atomic E-state index is -3.62. The lowest BCUT2D eigenvalue weighted by Gasteiger charge is -2.31. The topological polar surface area (TPSA) is 92.1 Å². The smallest absolute Gasteiger partial charge is 0.259 e. The first-order chi connectivity index (χ1) is 15.4. The van der Waals surface area contributed by atoms with Crippen LogP contribution in [0, 0.1) is 13.8 Å². The van der Waals surface area contributed by atoms with Gasteiger partial charge < -0.3 is 0 Å². The van der Waals surface area contributed by atoms with Gasteiger partial charge in [-0.2, -0.15) is 8.61 Å². The Morgan fingerprint density at radius 1 is 0.818 bits per heavy atom. The lowest BCUT2D eigenvalue weighted by atomic mass is 10.1. The molecule has 0 aliphatic carbocycles. The van der Waals surface area contributed by atoms with Crippen molar-refractivity contribution in [2.75, 3.05) is 31.1 Å². The van der Waals surface area contributed by atoms with E-state index in [4.69, 9.17) is 0 Å². The maximum Gasteiger partial charge on any atom is 0.274 e. The molecule has 2 heterocycles. The van der Waals surface area contributed by atoms with Crippen molar-refractivity contribution in [2.24, 2.45) is 0 Å². The normalized spacial score (nSPS) is 16.2. The number of H-pyrrole nitrogens is 1. The summed E-state index contributed by atoms with van der Waals surface area (Å²) in [6.07, 6.45) is 1.51. The Balaban J connectivity index is 1.72. The molecule has 8 nitrogen and oxygen atoms in total. The molecule has 1 saturated heterocycles. The van der Waals surface area contributed by atoms with E-state index in [-0.39, 0.29) is 17.0 Å². The lowest BCUT2D eigenvalue weighted by molar-refractivity contribution is -0.367. The second-order valence-corrected chi connectivity index (χ2v) is 12.9. The van der Waals surface area contributed by atoms with E-state index >= 15 is 0 Å². The van der Waals surface area contributed by atoms with Crippen molar-refractivity contribution in [1.29, 1.82) is 0 Å². The monoisotopic (exact) mass is 495 g/mol. The third-order valence-corrected chi connectivity index (χ3v) is 10.2. The average Bonchev–Trinajstić information content (AvgIpc) is 2.75. The van der Waals surface area contributed by atoms with Crippen LogP contribution in [-0.4, -0.2) is 63.7 Å². The first kappa shape index (κ1) is 25.6. The van der Waals surface area contributed by atoms with Crippen molar-refractivity contribution < 1.29 is 21.8 Å². The van der Waals surface area contributed by atoms with E-state index in [0.717, 1.165) is 16.9 Å². The first-order valence-electron chi connectivity index (χ1n) is 11.2. The number of nitrogens with zero attached hydrogens (tertiary/aromatic N) is 3. The number of sulfonamides is 2. The number of aromatic amines is 1. The highest BCUT2D eigenvalue weighted by Gasteiger charge is 2.33. The van der Waals surface area contributed by atoms with Crippen LogP contribution in [0.5, 0.6) is 0 Å². The number of aromatic nitrogens is 1. The van der Waals surface area contributed by atoms with E-state index in [0.29, 0.717) is 31.1 Å². The highest BCUT2D eigenvalue weighted by atomic mass is 32.2. The van der Waals surface area contributed by atoms with Gasteiger partial charge in [0.15, 0.2) is 0 Å². The van der Waals surface area contributed by atoms with Crippen molar-refractivity contribution in [3.63, 3.8) is 0 Å². The molecule has 0 spiro atoms. The molecule has 3 rings (SSSR count). The van der Waals surface area contributed by atoms with Crippen molar-refractivity contribution in [3.8, 4) is 0 Å². The number of nitrogens with one attached hydrogen (secondary N) is 1. The van der Waals surface area contributed by atoms with Crippen molar-refractivity contribution >= 4 is 25.9 Å². The fraction of sp³-hybridized carbons (Fsp3) is 0.522. The van der Waals surface area contributed by atoms with Crippen molar-refractivity contribution in [2.45, 2.75) is 63.4 Å². The highest BCUT2D eigenvalue weighted by molar-refractivity contribution is 7.89. The summed E-state index contributed by atoms with van der Waals surface area (Å²) in [7, 11) is -7.16. The van der Waals surface area contributed by atoms with Crippen LogP contribution in [0.15, 0.2) is 46.3 Å². The molecule has 182 valence electrons. The minimum Gasteiger partial charge on any atom is -0.259 e. The van der Waals surface area contributed by atoms with E-state index < -0.39 is 20.0 Å².